The van der Waals surface area contributed by atoms with Crippen molar-refractivity contribution in [1.29, 1.82) is 0 Å². The Bertz CT molecular complexity index is 645. The van der Waals surface area contributed by atoms with Crippen LogP contribution in [0.25, 0.3) is 11.2 Å². The zero-order chi connectivity index (χ0) is 14.2. The Balaban J connectivity index is 2.28. The molecule has 3 rings (SSSR count). The van der Waals surface area contributed by atoms with E-state index in [0.717, 1.165) is 23.4 Å². The number of imidazole rings is 1. The summed E-state index contributed by atoms with van der Waals surface area (Å²) in [6.07, 6.45) is 0. The molecule has 104 valence electrons. The average molecular weight is 261 g/mol. The van der Waals surface area contributed by atoms with E-state index in [2.05, 4.69) is 49.3 Å². The zero-order valence-electron chi connectivity index (χ0n) is 12.7. The van der Waals surface area contributed by atoms with Crippen LogP contribution in [0.3, 0.4) is 0 Å². The van der Waals surface area contributed by atoms with E-state index in [1.54, 1.807) is 0 Å². The van der Waals surface area contributed by atoms with Crippen molar-refractivity contribution in [2.24, 2.45) is 10.8 Å². The molecular weight excluding hydrogens is 238 g/mol. The van der Waals surface area contributed by atoms with E-state index in [9.17, 15) is 0 Å². The summed E-state index contributed by atoms with van der Waals surface area (Å²) in [6.45, 7) is 14.1. The first-order chi connectivity index (χ1) is 8.73. The third-order valence-electron chi connectivity index (χ3n) is 5.27. The number of anilines is 1. The molecule has 0 aliphatic heterocycles. The van der Waals surface area contributed by atoms with Crippen LogP contribution in [-0.2, 0) is 6.54 Å². The highest BCUT2D eigenvalue weighted by Gasteiger charge is 2.66. The monoisotopic (exact) mass is 261 g/mol. The Hall–Kier alpha value is -1.52. The Morgan fingerprint density at radius 3 is 2.26 bits per heavy atom. The molecule has 2 aromatic rings. The van der Waals surface area contributed by atoms with Gasteiger partial charge in [0.1, 0.15) is 5.52 Å². The van der Waals surface area contributed by atoms with Gasteiger partial charge in [0.2, 0.25) is 5.95 Å². The average Bonchev–Trinajstić information content (AvgIpc) is 2.65. The van der Waals surface area contributed by atoms with Crippen LogP contribution in [0.4, 0.5) is 5.95 Å². The normalized spacial score (nSPS) is 21.2. The van der Waals surface area contributed by atoms with Crippen LogP contribution in [0.15, 0.2) is 0 Å². The zero-order valence-corrected chi connectivity index (χ0v) is 12.7. The van der Waals surface area contributed by atoms with Crippen LogP contribution in [-0.4, -0.2) is 19.3 Å². The summed E-state index contributed by atoms with van der Waals surface area (Å²) < 4.78 is 4.21. The first kappa shape index (κ1) is 12.5. The Morgan fingerprint density at radius 2 is 1.79 bits per heavy atom. The van der Waals surface area contributed by atoms with Crippen molar-refractivity contribution >= 4 is 17.1 Å². The number of hydrogen-bond acceptors (Lipinski definition) is 3. The molecule has 0 atom stereocenters. The molecule has 0 saturated heterocycles. The summed E-state index contributed by atoms with van der Waals surface area (Å²) in [5.41, 5.74) is 9.61. The van der Waals surface area contributed by atoms with E-state index in [0.29, 0.717) is 12.0 Å². The Labute approximate surface area is 113 Å². The third kappa shape index (κ3) is 1.30. The van der Waals surface area contributed by atoms with Crippen LogP contribution in [0.5, 0.6) is 0 Å². The van der Waals surface area contributed by atoms with Gasteiger partial charge in [0, 0.05) is 12.6 Å². The topological polar surface area (TPSA) is 61.7 Å². The van der Waals surface area contributed by atoms with Crippen LogP contribution >= 0.6 is 0 Å². The van der Waals surface area contributed by atoms with E-state index < -0.39 is 0 Å². The number of nitrogen functional groups attached to an aromatic ring is 1. The molecular formula is C14H23N5. The van der Waals surface area contributed by atoms with Crippen LogP contribution in [0.1, 0.15) is 46.4 Å². The minimum Gasteiger partial charge on any atom is -0.369 e. The predicted molar refractivity (Wildman–Crippen MR) is 76.9 cm³/mol. The SMILES string of the molecule is CCn1nc(C)c2nc(N)n(C3C(C)(C)C3(C)C)c21. The predicted octanol–water partition coefficient (Wildman–Crippen LogP) is 2.75. The molecule has 2 N–H and O–H groups in total. The summed E-state index contributed by atoms with van der Waals surface area (Å²) in [5, 5.41) is 4.55. The summed E-state index contributed by atoms with van der Waals surface area (Å²) >= 11 is 0. The molecule has 2 heterocycles. The highest BCUT2D eigenvalue weighted by Crippen LogP contribution is 2.72. The molecule has 5 heteroatoms. The summed E-state index contributed by atoms with van der Waals surface area (Å²) in [7, 11) is 0. The fraction of sp³-hybridized carbons (Fsp3) is 0.714. The number of aromatic nitrogens is 4. The maximum absolute atomic E-state index is 6.18. The van der Waals surface area contributed by atoms with Crippen molar-refractivity contribution in [2.45, 2.75) is 54.1 Å². The van der Waals surface area contributed by atoms with E-state index in [-0.39, 0.29) is 10.8 Å². The van der Waals surface area contributed by atoms with Gasteiger partial charge < -0.3 is 5.73 Å². The van der Waals surface area contributed by atoms with Gasteiger partial charge in [-0.3, -0.25) is 4.57 Å². The smallest absolute Gasteiger partial charge is 0.202 e. The van der Waals surface area contributed by atoms with Crippen LogP contribution in [0, 0.1) is 17.8 Å². The quantitative estimate of drug-likeness (QED) is 0.904. The largest absolute Gasteiger partial charge is 0.369 e. The maximum Gasteiger partial charge on any atom is 0.202 e. The number of nitrogens with two attached hydrogens (primary N) is 1. The van der Waals surface area contributed by atoms with Gasteiger partial charge in [-0.1, -0.05) is 27.7 Å². The number of aryl methyl sites for hydroxylation is 2. The minimum atomic E-state index is 0.228. The first-order valence-electron chi connectivity index (χ1n) is 6.94. The van der Waals surface area contributed by atoms with Crippen molar-refractivity contribution in [3.63, 3.8) is 0 Å². The maximum atomic E-state index is 6.18. The van der Waals surface area contributed by atoms with E-state index in [4.69, 9.17) is 5.73 Å². The lowest BCUT2D eigenvalue weighted by molar-refractivity contribution is 0.457. The minimum absolute atomic E-state index is 0.228. The van der Waals surface area contributed by atoms with Gasteiger partial charge in [0.05, 0.1) is 5.69 Å². The molecule has 1 aliphatic carbocycles. The number of fused-ring (bicyclic) bond motifs is 1. The van der Waals surface area contributed by atoms with Gasteiger partial charge >= 0.3 is 0 Å². The molecule has 19 heavy (non-hydrogen) atoms. The summed E-state index contributed by atoms with van der Waals surface area (Å²) in [5.74, 6) is 0.612. The molecule has 0 bridgehead atoms. The Morgan fingerprint density at radius 1 is 1.21 bits per heavy atom. The van der Waals surface area contributed by atoms with E-state index >= 15 is 0 Å². The number of hydrogen-bond donors (Lipinski definition) is 1. The van der Waals surface area contributed by atoms with E-state index in [1.807, 2.05) is 11.6 Å². The molecule has 1 aliphatic rings. The van der Waals surface area contributed by atoms with Crippen molar-refractivity contribution in [3.05, 3.63) is 5.69 Å². The number of rotatable bonds is 2. The molecule has 0 radical (unpaired) electrons. The standard InChI is InChI=1S/C14H23N5/c1-7-18-10-9(8(2)17-18)16-12(15)19(10)11-13(3,4)14(11,5)6/h11H,7H2,1-6H3,(H2,15,16). The van der Waals surface area contributed by atoms with Crippen LogP contribution in [0.2, 0.25) is 0 Å². The first-order valence-corrected chi connectivity index (χ1v) is 6.94. The molecule has 0 amide bonds. The van der Waals surface area contributed by atoms with Crippen molar-refractivity contribution in [3.8, 4) is 0 Å². The van der Waals surface area contributed by atoms with Crippen molar-refractivity contribution in [2.75, 3.05) is 5.73 Å². The molecule has 1 fully saturated rings. The van der Waals surface area contributed by atoms with E-state index in [1.165, 1.54) is 0 Å². The fourth-order valence-corrected chi connectivity index (χ4v) is 3.49. The lowest BCUT2D eigenvalue weighted by Crippen LogP contribution is -2.10. The lowest BCUT2D eigenvalue weighted by atomic mass is 10.0. The molecule has 5 nitrogen and oxygen atoms in total. The van der Waals surface area contributed by atoms with Crippen LogP contribution < -0.4 is 5.73 Å². The highest BCUT2D eigenvalue weighted by molar-refractivity contribution is 5.78. The number of nitrogens with zero attached hydrogens (tertiary/aromatic N) is 4. The summed E-state index contributed by atoms with van der Waals surface area (Å²) in [4.78, 5) is 4.53. The summed E-state index contributed by atoms with van der Waals surface area (Å²) in [6, 6.07) is 0.381. The second-order valence-corrected chi connectivity index (χ2v) is 6.76. The Kier molecular flexibility index (Phi) is 2.19. The van der Waals surface area contributed by atoms with Crippen molar-refractivity contribution in [1.82, 2.24) is 19.3 Å². The fourth-order valence-electron chi connectivity index (χ4n) is 3.49. The van der Waals surface area contributed by atoms with Gasteiger partial charge in [-0.25, -0.2) is 9.67 Å². The van der Waals surface area contributed by atoms with Gasteiger partial charge in [0.25, 0.3) is 0 Å². The molecule has 0 spiro atoms. The molecule has 2 aromatic heterocycles. The lowest BCUT2D eigenvalue weighted by Gasteiger charge is -2.10. The molecule has 1 saturated carbocycles. The van der Waals surface area contributed by atoms with Gasteiger partial charge in [0.15, 0.2) is 5.65 Å². The molecule has 0 unspecified atom stereocenters. The second kappa shape index (κ2) is 3.32. The van der Waals surface area contributed by atoms with Gasteiger partial charge in [-0.2, -0.15) is 5.10 Å². The van der Waals surface area contributed by atoms with Gasteiger partial charge in [-0.15, -0.1) is 0 Å². The highest BCUT2D eigenvalue weighted by atomic mass is 15.4. The van der Waals surface area contributed by atoms with Crippen molar-refractivity contribution < 1.29 is 0 Å². The van der Waals surface area contributed by atoms with Gasteiger partial charge in [-0.05, 0) is 24.7 Å². The molecule has 0 aromatic carbocycles. The third-order valence-corrected chi connectivity index (χ3v) is 5.27. The second-order valence-electron chi connectivity index (χ2n) is 6.76.